The second-order valence-electron chi connectivity index (χ2n) is 8.34. The lowest BCUT2D eigenvalue weighted by atomic mass is 10.1. The lowest BCUT2D eigenvalue weighted by Gasteiger charge is -2.19. The first-order valence-electron chi connectivity index (χ1n) is 11.6. The largest absolute Gasteiger partial charge is 0.493 e. The van der Waals surface area contributed by atoms with Crippen LogP contribution in [0.1, 0.15) is 63.4 Å². The lowest BCUT2D eigenvalue weighted by Crippen LogP contribution is -2.23. The molecule has 0 unspecified atom stereocenters. The molecular formula is C27H32BrN3O3. The normalized spacial score (nSPS) is 13.2. The average Bonchev–Trinajstić information content (AvgIpc) is 2.84. The number of methoxy groups -OCH3 is 1. The molecule has 1 heterocycles. The molecule has 2 aromatic carbocycles. The Morgan fingerprint density at radius 2 is 1.97 bits per heavy atom. The second-order valence-corrected chi connectivity index (χ2v) is 9.26. The van der Waals surface area contributed by atoms with Gasteiger partial charge in [-0.15, -0.1) is 6.58 Å². The van der Waals surface area contributed by atoms with E-state index in [0.717, 1.165) is 28.4 Å². The zero-order valence-corrected chi connectivity index (χ0v) is 22.1. The number of halogens is 1. The second kappa shape index (κ2) is 11.5. The van der Waals surface area contributed by atoms with Crippen LogP contribution in [0, 0.1) is 0 Å². The van der Waals surface area contributed by atoms with Crippen LogP contribution in [-0.2, 0) is 6.42 Å². The third kappa shape index (κ3) is 5.58. The van der Waals surface area contributed by atoms with Gasteiger partial charge in [-0.3, -0.25) is 4.79 Å². The third-order valence-electron chi connectivity index (χ3n) is 5.84. The Morgan fingerprint density at radius 3 is 2.62 bits per heavy atom. The molecule has 0 fully saturated rings. The van der Waals surface area contributed by atoms with Crippen molar-refractivity contribution in [3.8, 4) is 11.5 Å². The van der Waals surface area contributed by atoms with E-state index in [9.17, 15) is 4.79 Å². The molecule has 3 rings (SSSR count). The van der Waals surface area contributed by atoms with Gasteiger partial charge in [0.1, 0.15) is 5.82 Å². The van der Waals surface area contributed by atoms with Gasteiger partial charge in [0.2, 0.25) is 0 Å². The maximum absolute atomic E-state index is 13.4. The third-order valence-corrected chi connectivity index (χ3v) is 6.33. The van der Waals surface area contributed by atoms with Crippen LogP contribution in [0.5, 0.6) is 11.5 Å². The predicted octanol–water partition coefficient (Wildman–Crippen LogP) is 6.47. The average molecular weight is 526 g/mol. The number of hydrogen-bond acceptors (Lipinski definition) is 5. The van der Waals surface area contributed by atoms with Crippen molar-refractivity contribution in [2.24, 2.45) is 5.10 Å². The van der Waals surface area contributed by atoms with Crippen LogP contribution in [0.15, 0.2) is 57.4 Å². The standard InChI is InChI=1S/C27H32BrN3O3/c1-7-10-20-13-19(14-24(33-6)25(20)34-18(5)9-3)16-29-31-26(17(4)8-2)30-23-12-11-21(28)15-22(23)27(31)32/h7,11-18H,1,8-10H2,2-6H3/t17-,18-/m1/s1. The van der Waals surface area contributed by atoms with Crippen LogP contribution in [0.4, 0.5) is 0 Å². The zero-order valence-electron chi connectivity index (χ0n) is 20.5. The van der Waals surface area contributed by atoms with E-state index >= 15 is 0 Å². The number of fused-ring (bicyclic) bond motifs is 1. The maximum atomic E-state index is 13.4. The van der Waals surface area contributed by atoms with Gasteiger partial charge in [-0.25, -0.2) is 4.98 Å². The molecule has 2 atom stereocenters. The number of benzene rings is 2. The summed E-state index contributed by atoms with van der Waals surface area (Å²) in [4.78, 5) is 18.1. The van der Waals surface area contributed by atoms with Gasteiger partial charge in [-0.1, -0.05) is 42.8 Å². The number of ether oxygens (including phenoxy) is 2. The van der Waals surface area contributed by atoms with Crippen molar-refractivity contribution in [2.75, 3.05) is 7.11 Å². The number of allylic oxidation sites excluding steroid dienone is 1. The minimum absolute atomic E-state index is 0.0525. The van der Waals surface area contributed by atoms with Crippen LogP contribution in [0.3, 0.4) is 0 Å². The summed E-state index contributed by atoms with van der Waals surface area (Å²) in [6.45, 7) is 12.1. The summed E-state index contributed by atoms with van der Waals surface area (Å²) < 4.78 is 14.0. The van der Waals surface area contributed by atoms with E-state index in [1.54, 1.807) is 19.4 Å². The fraction of sp³-hybridized carbons (Fsp3) is 0.370. The molecular weight excluding hydrogens is 494 g/mol. The molecule has 0 aliphatic heterocycles. The topological polar surface area (TPSA) is 65.7 Å². The molecule has 180 valence electrons. The SMILES string of the molecule is C=CCc1cc(C=Nn2c([C@H](C)CC)nc3ccc(Br)cc3c2=O)cc(OC)c1O[C@H](C)CC. The molecule has 0 radical (unpaired) electrons. The first-order valence-corrected chi connectivity index (χ1v) is 12.4. The molecule has 3 aromatic rings. The van der Waals surface area contributed by atoms with E-state index in [1.165, 1.54) is 4.68 Å². The summed E-state index contributed by atoms with van der Waals surface area (Å²) >= 11 is 3.45. The molecule has 34 heavy (non-hydrogen) atoms. The van der Waals surface area contributed by atoms with E-state index in [4.69, 9.17) is 14.5 Å². The lowest BCUT2D eigenvalue weighted by molar-refractivity contribution is 0.206. The summed E-state index contributed by atoms with van der Waals surface area (Å²) in [6.07, 6.45) is 5.89. The van der Waals surface area contributed by atoms with Crippen molar-refractivity contribution in [3.63, 3.8) is 0 Å². The Hall–Kier alpha value is -2.93. The molecule has 0 bridgehead atoms. The molecule has 0 aliphatic rings. The maximum Gasteiger partial charge on any atom is 0.282 e. The summed E-state index contributed by atoms with van der Waals surface area (Å²) in [6, 6.07) is 9.38. The highest BCUT2D eigenvalue weighted by molar-refractivity contribution is 9.10. The van der Waals surface area contributed by atoms with Crippen LogP contribution in [0.25, 0.3) is 10.9 Å². The van der Waals surface area contributed by atoms with Crippen molar-refractivity contribution >= 4 is 33.0 Å². The quantitative estimate of drug-likeness (QED) is 0.224. The Balaban J connectivity index is 2.15. The fourth-order valence-corrected chi connectivity index (χ4v) is 3.90. The van der Waals surface area contributed by atoms with Gasteiger partial charge in [0, 0.05) is 16.0 Å². The Bertz CT molecular complexity index is 1270. The van der Waals surface area contributed by atoms with E-state index < -0.39 is 0 Å². The van der Waals surface area contributed by atoms with Crippen molar-refractivity contribution in [2.45, 2.75) is 59.0 Å². The highest BCUT2D eigenvalue weighted by Gasteiger charge is 2.17. The van der Waals surface area contributed by atoms with Crippen LogP contribution < -0.4 is 15.0 Å². The van der Waals surface area contributed by atoms with Crippen molar-refractivity contribution < 1.29 is 9.47 Å². The van der Waals surface area contributed by atoms with Crippen molar-refractivity contribution in [1.29, 1.82) is 0 Å². The summed E-state index contributed by atoms with van der Waals surface area (Å²) in [5.41, 5.74) is 2.21. The monoisotopic (exact) mass is 525 g/mol. The Morgan fingerprint density at radius 1 is 1.21 bits per heavy atom. The number of aromatic nitrogens is 2. The first kappa shape index (κ1) is 25.7. The molecule has 0 N–H and O–H groups in total. The van der Waals surface area contributed by atoms with Crippen LogP contribution >= 0.6 is 15.9 Å². The minimum atomic E-state index is -0.201. The Labute approximate surface area is 209 Å². The van der Waals surface area contributed by atoms with E-state index in [-0.39, 0.29) is 17.6 Å². The van der Waals surface area contributed by atoms with Crippen LogP contribution in [0.2, 0.25) is 0 Å². The van der Waals surface area contributed by atoms with Crippen LogP contribution in [-0.4, -0.2) is 29.1 Å². The van der Waals surface area contributed by atoms with Gasteiger partial charge in [0.15, 0.2) is 11.5 Å². The Kier molecular flexibility index (Phi) is 8.67. The van der Waals surface area contributed by atoms with Gasteiger partial charge in [-0.2, -0.15) is 9.78 Å². The van der Waals surface area contributed by atoms with Gasteiger partial charge < -0.3 is 9.47 Å². The molecule has 0 aliphatic carbocycles. The molecule has 0 saturated heterocycles. The molecule has 0 spiro atoms. The first-order chi connectivity index (χ1) is 16.3. The smallest absolute Gasteiger partial charge is 0.282 e. The zero-order chi connectivity index (χ0) is 24.8. The molecule has 0 amide bonds. The van der Waals surface area contributed by atoms with Crippen molar-refractivity contribution in [3.05, 3.63) is 74.8 Å². The minimum Gasteiger partial charge on any atom is -0.493 e. The van der Waals surface area contributed by atoms with Gasteiger partial charge >= 0.3 is 0 Å². The summed E-state index contributed by atoms with van der Waals surface area (Å²) in [5.74, 6) is 2.03. The molecule has 0 saturated carbocycles. The number of hydrogen-bond donors (Lipinski definition) is 0. The van der Waals surface area contributed by atoms with E-state index in [1.807, 2.05) is 44.2 Å². The molecule has 7 heteroatoms. The fourth-order valence-electron chi connectivity index (χ4n) is 3.54. The summed E-state index contributed by atoms with van der Waals surface area (Å²) in [5, 5.41) is 5.10. The highest BCUT2D eigenvalue weighted by atomic mass is 79.9. The van der Waals surface area contributed by atoms with E-state index in [2.05, 4.69) is 41.5 Å². The predicted molar refractivity (Wildman–Crippen MR) is 143 cm³/mol. The van der Waals surface area contributed by atoms with E-state index in [0.29, 0.717) is 34.6 Å². The van der Waals surface area contributed by atoms with Gasteiger partial charge in [0.25, 0.3) is 5.56 Å². The molecule has 1 aromatic heterocycles. The molecule has 6 nitrogen and oxygen atoms in total. The number of nitrogens with zero attached hydrogens (tertiary/aromatic N) is 3. The summed E-state index contributed by atoms with van der Waals surface area (Å²) in [7, 11) is 1.62. The van der Waals surface area contributed by atoms with Crippen molar-refractivity contribution in [1.82, 2.24) is 9.66 Å². The number of rotatable bonds is 10. The van der Waals surface area contributed by atoms with Gasteiger partial charge in [0.05, 0.1) is 30.3 Å². The van der Waals surface area contributed by atoms with Gasteiger partial charge in [-0.05, 0) is 62.1 Å². The highest BCUT2D eigenvalue weighted by Crippen LogP contribution is 2.34.